The van der Waals surface area contributed by atoms with Gasteiger partial charge in [0.2, 0.25) is 11.8 Å². The van der Waals surface area contributed by atoms with Crippen LogP contribution in [0.1, 0.15) is 94.3 Å². The molecule has 1 aliphatic heterocycles. The largest absolute Gasteiger partial charge is 0.392 e. The molecular formula is C35H49N3O5. The van der Waals surface area contributed by atoms with Crippen LogP contribution in [0.4, 0.5) is 5.69 Å². The molecule has 3 N–H and O–H groups in total. The molecule has 8 heteroatoms. The van der Waals surface area contributed by atoms with Crippen molar-refractivity contribution in [1.29, 1.82) is 0 Å². The molecule has 8 nitrogen and oxygen atoms in total. The Hall–Kier alpha value is -3.04. The summed E-state index contributed by atoms with van der Waals surface area (Å²) < 4.78 is 13.4. The Morgan fingerprint density at radius 3 is 2.51 bits per heavy atom. The van der Waals surface area contributed by atoms with Crippen molar-refractivity contribution in [1.82, 2.24) is 10.2 Å². The molecule has 43 heavy (non-hydrogen) atoms. The molecule has 2 amide bonds. The quantitative estimate of drug-likeness (QED) is 0.173. The molecule has 1 saturated carbocycles. The number of carbonyl (C=O) groups excluding carboxylic acids is 2. The Bertz CT molecular complexity index is 1180. The molecule has 4 atom stereocenters. The van der Waals surface area contributed by atoms with E-state index in [0.29, 0.717) is 24.7 Å². The van der Waals surface area contributed by atoms with Gasteiger partial charge in [-0.3, -0.25) is 14.5 Å². The van der Waals surface area contributed by atoms with Gasteiger partial charge in [0.25, 0.3) is 0 Å². The number of aliphatic hydroxyl groups is 1. The maximum atomic E-state index is 12.7. The van der Waals surface area contributed by atoms with Gasteiger partial charge < -0.3 is 25.2 Å². The van der Waals surface area contributed by atoms with Gasteiger partial charge in [0.1, 0.15) is 0 Å². The summed E-state index contributed by atoms with van der Waals surface area (Å²) in [6.45, 7) is 9.98. The molecule has 4 rings (SSSR count). The zero-order valence-electron chi connectivity index (χ0n) is 25.8. The lowest BCUT2D eigenvalue weighted by Gasteiger charge is -2.43. The minimum Gasteiger partial charge on any atom is -0.392 e. The average molecular weight is 592 g/mol. The number of benzene rings is 2. The van der Waals surface area contributed by atoms with Crippen LogP contribution in [0, 0.1) is 5.92 Å². The third kappa shape index (κ3) is 9.73. The number of hydrogen-bond donors (Lipinski definition) is 3. The summed E-state index contributed by atoms with van der Waals surface area (Å²) in [7, 11) is 0. The summed E-state index contributed by atoms with van der Waals surface area (Å²) in [5.41, 5.74) is 3.50. The molecule has 0 aromatic heterocycles. The molecule has 0 radical (unpaired) electrons. The first-order valence-electron chi connectivity index (χ1n) is 15.9. The van der Waals surface area contributed by atoms with Crippen molar-refractivity contribution in [3.8, 4) is 0 Å². The van der Waals surface area contributed by atoms with Gasteiger partial charge in [0, 0.05) is 56.2 Å². The SMILES string of the molecule is C=CCN(C[C@@H]1O[C@H](c2cccc(NC(=O)CCCCCNC(C)=O)c2)O[C@H](c2ccc(CO)cc2)[C@@H]1C)C1CCCC1. The Labute approximate surface area is 256 Å². The normalized spacial score (nSPS) is 22.4. The molecule has 0 bridgehead atoms. The highest BCUT2D eigenvalue weighted by atomic mass is 16.7. The fourth-order valence-corrected chi connectivity index (χ4v) is 6.21. The molecule has 1 saturated heterocycles. The summed E-state index contributed by atoms with van der Waals surface area (Å²) in [5.74, 6) is 0.0313. The van der Waals surface area contributed by atoms with Gasteiger partial charge in [-0.25, -0.2) is 0 Å². The Morgan fingerprint density at radius 2 is 1.81 bits per heavy atom. The lowest BCUT2D eigenvalue weighted by atomic mass is 9.89. The summed E-state index contributed by atoms with van der Waals surface area (Å²) >= 11 is 0. The molecule has 234 valence electrons. The minimum absolute atomic E-state index is 0.00318. The van der Waals surface area contributed by atoms with Crippen LogP contribution in [0.25, 0.3) is 0 Å². The second-order valence-electron chi connectivity index (χ2n) is 12.0. The number of ether oxygens (including phenoxy) is 2. The fraction of sp³-hybridized carbons (Fsp3) is 0.543. The highest BCUT2D eigenvalue weighted by Gasteiger charge is 2.40. The van der Waals surface area contributed by atoms with E-state index in [4.69, 9.17) is 9.47 Å². The van der Waals surface area contributed by atoms with Gasteiger partial charge in [-0.15, -0.1) is 6.58 Å². The second-order valence-corrected chi connectivity index (χ2v) is 12.0. The van der Waals surface area contributed by atoms with E-state index < -0.39 is 6.29 Å². The number of aliphatic hydroxyl groups excluding tert-OH is 1. The lowest BCUT2D eigenvalue weighted by molar-refractivity contribution is -0.276. The van der Waals surface area contributed by atoms with Crippen molar-refractivity contribution in [2.75, 3.05) is 25.0 Å². The van der Waals surface area contributed by atoms with E-state index in [9.17, 15) is 14.7 Å². The van der Waals surface area contributed by atoms with Gasteiger partial charge in [-0.1, -0.05) is 68.7 Å². The zero-order chi connectivity index (χ0) is 30.6. The van der Waals surface area contributed by atoms with Crippen molar-refractivity contribution >= 4 is 17.5 Å². The summed E-state index contributed by atoms with van der Waals surface area (Å²) in [5, 5.41) is 15.4. The van der Waals surface area contributed by atoms with Crippen LogP contribution in [0.2, 0.25) is 0 Å². The molecule has 1 heterocycles. The first-order valence-corrected chi connectivity index (χ1v) is 15.9. The van der Waals surface area contributed by atoms with E-state index in [1.807, 2.05) is 54.6 Å². The fourth-order valence-electron chi connectivity index (χ4n) is 6.21. The number of rotatable bonds is 15. The van der Waals surface area contributed by atoms with E-state index >= 15 is 0 Å². The molecular weight excluding hydrogens is 542 g/mol. The van der Waals surface area contributed by atoms with Gasteiger partial charge in [0.15, 0.2) is 6.29 Å². The molecule has 2 aromatic carbocycles. The number of nitrogens with zero attached hydrogens (tertiary/aromatic N) is 1. The van der Waals surface area contributed by atoms with Crippen molar-refractivity contribution < 1.29 is 24.2 Å². The summed E-state index contributed by atoms with van der Waals surface area (Å²) in [6, 6.07) is 16.3. The van der Waals surface area contributed by atoms with Gasteiger partial charge in [-0.2, -0.15) is 0 Å². The van der Waals surface area contributed by atoms with Gasteiger partial charge in [0.05, 0.1) is 18.8 Å². The Morgan fingerprint density at radius 1 is 1.05 bits per heavy atom. The predicted molar refractivity (Wildman–Crippen MR) is 169 cm³/mol. The Kier molecular flexibility index (Phi) is 12.8. The van der Waals surface area contributed by atoms with Crippen LogP contribution in [-0.4, -0.2) is 53.6 Å². The minimum atomic E-state index is -0.594. The van der Waals surface area contributed by atoms with E-state index in [2.05, 4.69) is 29.0 Å². The van der Waals surface area contributed by atoms with E-state index in [0.717, 1.165) is 49.0 Å². The van der Waals surface area contributed by atoms with Crippen LogP contribution >= 0.6 is 0 Å². The third-order valence-corrected chi connectivity index (χ3v) is 8.64. The first kappa shape index (κ1) is 32.9. The smallest absolute Gasteiger partial charge is 0.224 e. The molecule has 2 aliphatic rings. The van der Waals surface area contributed by atoms with Crippen molar-refractivity contribution in [3.63, 3.8) is 0 Å². The first-order chi connectivity index (χ1) is 20.9. The predicted octanol–water partition coefficient (Wildman–Crippen LogP) is 6.04. The molecule has 2 aromatic rings. The number of hydrogen-bond acceptors (Lipinski definition) is 6. The topological polar surface area (TPSA) is 100 Å². The van der Waals surface area contributed by atoms with Gasteiger partial charge in [-0.05, 0) is 48.9 Å². The van der Waals surface area contributed by atoms with E-state index in [1.54, 1.807) is 0 Å². The number of anilines is 1. The molecule has 0 unspecified atom stereocenters. The zero-order valence-corrected chi connectivity index (χ0v) is 25.8. The summed E-state index contributed by atoms with van der Waals surface area (Å²) in [6.07, 6.45) is 8.99. The monoisotopic (exact) mass is 591 g/mol. The number of carbonyl (C=O) groups is 2. The third-order valence-electron chi connectivity index (χ3n) is 8.64. The van der Waals surface area contributed by atoms with Crippen LogP contribution in [0.15, 0.2) is 61.2 Å². The van der Waals surface area contributed by atoms with Crippen LogP contribution in [0.5, 0.6) is 0 Å². The van der Waals surface area contributed by atoms with Crippen molar-refractivity contribution in [2.45, 2.75) is 96.4 Å². The number of nitrogens with one attached hydrogen (secondary N) is 2. The molecule has 0 spiro atoms. The molecule has 1 aliphatic carbocycles. The van der Waals surface area contributed by atoms with Gasteiger partial charge >= 0.3 is 0 Å². The maximum absolute atomic E-state index is 12.7. The van der Waals surface area contributed by atoms with Crippen LogP contribution < -0.4 is 10.6 Å². The van der Waals surface area contributed by atoms with Crippen molar-refractivity contribution in [3.05, 3.63) is 77.9 Å². The van der Waals surface area contributed by atoms with E-state index in [1.165, 1.54) is 32.6 Å². The lowest BCUT2D eigenvalue weighted by Crippen LogP contribution is -2.47. The highest BCUT2D eigenvalue weighted by Crippen LogP contribution is 2.42. The number of amides is 2. The van der Waals surface area contributed by atoms with Crippen LogP contribution in [0.3, 0.4) is 0 Å². The standard InChI is InChI=1S/C35H49N3O5/c1-4-21-38(31-13-7-8-14-31)23-32-25(2)34(28-18-16-27(24-39)17-19-28)43-35(42-32)29-11-10-12-30(22-29)37-33(41)15-6-5-9-20-36-26(3)40/h4,10-12,16-19,22,25,31-32,34-35,39H,1,5-9,13-15,20-21,23-24H2,2-3H3,(H,36,40)(H,37,41)/t25-,32+,34+,35+/m1/s1. The van der Waals surface area contributed by atoms with Crippen molar-refractivity contribution in [2.24, 2.45) is 5.92 Å². The number of unbranched alkanes of at least 4 members (excludes halogenated alkanes) is 2. The second kappa shape index (κ2) is 16.7. The average Bonchev–Trinajstić information content (AvgIpc) is 3.55. The Balaban J connectivity index is 1.47. The van der Waals surface area contributed by atoms with Crippen LogP contribution in [-0.2, 0) is 25.7 Å². The maximum Gasteiger partial charge on any atom is 0.224 e. The highest BCUT2D eigenvalue weighted by molar-refractivity contribution is 5.90. The summed E-state index contributed by atoms with van der Waals surface area (Å²) in [4.78, 5) is 26.2. The molecule has 2 fully saturated rings. The van der Waals surface area contributed by atoms with E-state index in [-0.39, 0.29) is 36.5 Å².